The first-order valence-corrected chi connectivity index (χ1v) is 7.02. The number of benzene rings is 1. The number of amides is 2. The summed E-state index contributed by atoms with van der Waals surface area (Å²) in [5.41, 5.74) is 1.19. The number of likely N-dealkylation sites (tertiary alicyclic amines) is 1. The van der Waals surface area contributed by atoms with Crippen LogP contribution in [0.5, 0.6) is 0 Å². The van der Waals surface area contributed by atoms with Gasteiger partial charge in [-0.05, 0) is 18.4 Å². The molecule has 6 heteroatoms. The molecule has 0 spiro atoms. The van der Waals surface area contributed by atoms with Gasteiger partial charge in [-0.15, -0.1) is 5.10 Å². The van der Waals surface area contributed by atoms with Gasteiger partial charge < -0.3 is 4.90 Å². The van der Waals surface area contributed by atoms with Gasteiger partial charge in [-0.2, -0.15) is 0 Å². The lowest BCUT2D eigenvalue weighted by Gasteiger charge is -2.24. The van der Waals surface area contributed by atoms with Crippen LogP contribution in [0.4, 0.5) is 9.80 Å². The van der Waals surface area contributed by atoms with E-state index in [1.54, 1.807) is 6.20 Å². The fraction of sp³-hybridized carbons (Fsp3) is 0.308. The number of nitrogens with zero attached hydrogens (tertiary/aromatic N) is 3. The zero-order valence-corrected chi connectivity index (χ0v) is 11.1. The van der Waals surface area contributed by atoms with Crippen molar-refractivity contribution in [3.05, 3.63) is 42.1 Å². The molecule has 0 unspecified atom stereocenters. The highest BCUT2D eigenvalue weighted by Crippen LogP contribution is 2.32. The Bertz CT molecular complexity index is 543. The van der Waals surface area contributed by atoms with E-state index in [0.717, 1.165) is 19.4 Å². The lowest BCUT2D eigenvalue weighted by atomic mass is 10.1. The summed E-state index contributed by atoms with van der Waals surface area (Å²) in [7, 11) is 0. The fourth-order valence-corrected chi connectivity index (χ4v) is 2.84. The summed E-state index contributed by atoms with van der Waals surface area (Å²) in [6.45, 7) is 0.789. The highest BCUT2D eigenvalue weighted by atomic mass is 32.1. The monoisotopic (exact) mass is 274 g/mol. The van der Waals surface area contributed by atoms with Crippen molar-refractivity contribution in [2.45, 2.75) is 18.9 Å². The average Bonchev–Trinajstić information content (AvgIpc) is 3.10. The van der Waals surface area contributed by atoms with Crippen LogP contribution in [-0.4, -0.2) is 27.1 Å². The number of hydrogen-bond acceptors (Lipinski definition) is 4. The van der Waals surface area contributed by atoms with Gasteiger partial charge in [0.05, 0.1) is 12.2 Å². The van der Waals surface area contributed by atoms with Gasteiger partial charge in [0.1, 0.15) is 5.00 Å². The van der Waals surface area contributed by atoms with Gasteiger partial charge in [-0.1, -0.05) is 34.8 Å². The summed E-state index contributed by atoms with van der Waals surface area (Å²) in [5.74, 6) is 0. The molecule has 1 aliphatic rings. The van der Waals surface area contributed by atoms with Crippen LogP contribution < -0.4 is 5.32 Å². The number of urea groups is 1. The molecular weight excluding hydrogens is 260 g/mol. The predicted molar refractivity (Wildman–Crippen MR) is 74.1 cm³/mol. The molecule has 0 bridgehead atoms. The van der Waals surface area contributed by atoms with Crippen LogP contribution in [0.15, 0.2) is 36.5 Å². The molecule has 1 atom stereocenters. The molecule has 1 fully saturated rings. The van der Waals surface area contributed by atoms with Gasteiger partial charge >= 0.3 is 6.03 Å². The fourth-order valence-electron chi connectivity index (χ4n) is 2.43. The number of rotatable bonds is 2. The van der Waals surface area contributed by atoms with Crippen molar-refractivity contribution < 1.29 is 4.79 Å². The van der Waals surface area contributed by atoms with Crippen molar-refractivity contribution in [2.24, 2.45) is 0 Å². The Kier molecular flexibility index (Phi) is 3.41. The molecule has 1 saturated heterocycles. The number of carbonyl (C=O) groups is 1. The van der Waals surface area contributed by atoms with Gasteiger partial charge in [0.2, 0.25) is 0 Å². The molecule has 2 amide bonds. The second kappa shape index (κ2) is 5.36. The van der Waals surface area contributed by atoms with E-state index in [9.17, 15) is 4.79 Å². The molecule has 3 rings (SSSR count). The van der Waals surface area contributed by atoms with Crippen LogP contribution >= 0.6 is 11.5 Å². The Morgan fingerprint density at radius 2 is 2.21 bits per heavy atom. The van der Waals surface area contributed by atoms with Crippen LogP contribution in [0.2, 0.25) is 0 Å². The molecule has 0 radical (unpaired) electrons. The maximum Gasteiger partial charge on any atom is 0.323 e. The highest BCUT2D eigenvalue weighted by molar-refractivity contribution is 7.10. The SMILES string of the molecule is O=C(Nc1cnns1)N1CCC[C@H]1c1ccccc1. The molecule has 98 valence electrons. The van der Waals surface area contributed by atoms with Gasteiger partial charge in [-0.25, -0.2) is 4.79 Å². The Balaban J connectivity index is 1.74. The third kappa shape index (κ3) is 2.58. The molecule has 1 aromatic heterocycles. The van der Waals surface area contributed by atoms with Crippen molar-refractivity contribution in [1.29, 1.82) is 0 Å². The second-order valence-electron chi connectivity index (χ2n) is 4.47. The molecule has 1 aliphatic heterocycles. The van der Waals surface area contributed by atoms with E-state index in [-0.39, 0.29) is 12.1 Å². The van der Waals surface area contributed by atoms with Crippen LogP contribution in [0.3, 0.4) is 0 Å². The van der Waals surface area contributed by atoms with Crippen LogP contribution in [-0.2, 0) is 0 Å². The first kappa shape index (κ1) is 12.1. The Morgan fingerprint density at radius 3 is 2.95 bits per heavy atom. The van der Waals surface area contributed by atoms with E-state index >= 15 is 0 Å². The Morgan fingerprint density at radius 1 is 1.37 bits per heavy atom. The third-order valence-corrected chi connectivity index (χ3v) is 3.87. The minimum atomic E-state index is -0.0718. The van der Waals surface area contributed by atoms with E-state index in [1.165, 1.54) is 17.1 Å². The number of aromatic nitrogens is 2. The molecule has 19 heavy (non-hydrogen) atoms. The Hall–Kier alpha value is -1.95. The number of anilines is 1. The van der Waals surface area contributed by atoms with E-state index in [4.69, 9.17) is 0 Å². The molecule has 2 aromatic rings. The number of nitrogens with one attached hydrogen (secondary N) is 1. The van der Waals surface area contributed by atoms with E-state index in [1.807, 2.05) is 23.1 Å². The molecule has 0 aliphatic carbocycles. The van der Waals surface area contributed by atoms with Gasteiger partial charge in [0, 0.05) is 18.1 Å². The summed E-state index contributed by atoms with van der Waals surface area (Å²) < 4.78 is 3.74. The van der Waals surface area contributed by atoms with Gasteiger partial charge in [0.15, 0.2) is 0 Å². The van der Waals surface area contributed by atoms with Gasteiger partial charge in [-0.3, -0.25) is 5.32 Å². The summed E-state index contributed by atoms with van der Waals surface area (Å²) in [6, 6.07) is 10.3. The largest absolute Gasteiger partial charge is 0.323 e. The minimum Gasteiger partial charge on any atom is -0.317 e. The van der Waals surface area contributed by atoms with E-state index < -0.39 is 0 Å². The molecule has 5 nitrogen and oxygen atoms in total. The summed E-state index contributed by atoms with van der Waals surface area (Å²) in [4.78, 5) is 14.1. The van der Waals surface area contributed by atoms with Crippen molar-refractivity contribution in [1.82, 2.24) is 14.5 Å². The predicted octanol–water partition coefficient (Wildman–Crippen LogP) is 2.91. The van der Waals surface area contributed by atoms with Crippen molar-refractivity contribution >= 4 is 22.6 Å². The lowest BCUT2D eigenvalue weighted by molar-refractivity contribution is 0.207. The maximum atomic E-state index is 12.3. The minimum absolute atomic E-state index is 0.0718. The first-order chi connectivity index (χ1) is 9.34. The molecule has 0 saturated carbocycles. The quantitative estimate of drug-likeness (QED) is 0.916. The van der Waals surface area contributed by atoms with Crippen molar-refractivity contribution in [2.75, 3.05) is 11.9 Å². The summed E-state index contributed by atoms with van der Waals surface area (Å²) in [5, 5.41) is 7.24. The zero-order chi connectivity index (χ0) is 13.1. The number of carbonyl (C=O) groups excluding carboxylic acids is 1. The van der Waals surface area contributed by atoms with E-state index in [2.05, 4.69) is 27.0 Å². The summed E-state index contributed by atoms with van der Waals surface area (Å²) in [6.07, 6.45) is 3.61. The topological polar surface area (TPSA) is 58.1 Å². The maximum absolute atomic E-state index is 12.3. The zero-order valence-electron chi connectivity index (χ0n) is 10.3. The normalized spacial score (nSPS) is 18.5. The lowest BCUT2D eigenvalue weighted by Crippen LogP contribution is -2.34. The van der Waals surface area contributed by atoms with Gasteiger partial charge in [0.25, 0.3) is 0 Å². The molecular formula is C13H14N4OS. The standard InChI is InChI=1S/C13H14N4OS/c18-13(15-12-9-14-16-19-12)17-8-4-7-11(17)10-5-2-1-3-6-10/h1-3,5-6,9,11H,4,7-8H2,(H,15,18)/t11-/m0/s1. The second-order valence-corrected chi connectivity index (χ2v) is 5.26. The van der Waals surface area contributed by atoms with Crippen molar-refractivity contribution in [3.63, 3.8) is 0 Å². The van der Waals surface area contributed by atoms with Crippen LogP contribution in [0.25, 0.3) is 0 Å². The van der Waals surface area contributed by atoms with Crippen LogP contribution in [0.1, 0.15) is 24.4 Å². The molecule has 1 N–H and O–H groups in total. The molecule has 1 aromatic carbocycles. The first-order valence-electron chi connectivity index (χ1n) is 6.24. The number of hydrogen-bond donors (Lipinski definition) is 1. The molecule has 2 heterocycles. The third-order valence-electron chi connectivity index (χ3n) is 3.29. The van der Waals surface area contributed by atoms with Crippen LogP contribution in [0, 0.1) is 0 Å². The smallest absolute Gasteiger partial charge is 0.317 e. The average molecular weight is 274 g/mol. The summed E-state index contributed by atoms with van der Waals surface area (Å²) >= 11 is 1.19. The van der Waals surface area contributed by atoms with E-state index in [0.29, 0.717) is 5.00 Å². The Labute approximate surface area is 115 Å². The van der Waals surface area contributed by atoms with Crippen molar-refractivity contribution in [3.8, 4) is 0 Å². The highest BCUT2D eigenvalue weighted by Gasteiger charge is 2.29.